The summed E-state index contributed by atoms with van der Waals surface area (Å²) < 4.78 is 9.29. The summed E-state index contributed by atoms with van der Waals surface area (Å²) in [6.45, 7) is 1.11. The van der Waals surface area contributed by atoms with Gasteiger partial charge in [-0.15, -0.1) is 0 Å². The van der Waals surface area contributed by atoms with E-state index < -0.39 is 36.5 Å². The number of hydrogen-bond donors (Lipinski definition) is 3. The van der Waals surface area contributed by atoms with Crippen LogP contribution in [0.3, 0.4) is 0 Å². The van der Waals surface area contributed by atoms with E-state index in [1.807, 2.05) is 0 Å². The summed E-state index contributed by atoms with van der Waals surface area (Å²) in [5, 5.41) is 27.2. The molecule has 7 nitrogen and oxygen atoms in total. The molecule has 1 rings (SSSR count). The second kappa shape index (κ2) is 4.56. The maximum absolute atomic E-state index is 10.6. The minimum atomic E-state index is -1.49. The third-order valence-corrected chi connectivity index (χ3v) is 1.95. The standard InChI is InChI=1S/C8H12O7/c1-3(9)14-8-5(11)2-4(10)6(15-8)7(12)13/h4-6,8,10-11H,2H2,1H3,(H,12,13)/t4-,5+,6-,8?/m0/s1. The van der Waals surface area contributed by atoms with Gasteiger partial charge in [0.05, 0.1) is 6.10 Å². The van der Waals surface area contributed by atoms with E-state index in [0.29, 0.717) is 0 Å². The number of carboxylic acid groups (broad SMARTS) is 1. The van der Waals surface area contributed by atoms with Gasteiger partial charge in [0.2, 0.25) is 6.29 Å². The molecule has 86 valence electrons. The minimum Gasteiger partial charge on any atom is -0.479 e. The van der Waals surface area contributed by atoms with Crippen molar-refractivity contribution in [2.45, 2.75) is 37.9 Å². The lowest BCUT2D eigenvalue weighted by Gasteiger charge is -2.34. The molecule has 0 aliphatic carbocycles. The van der Waals surface area contributed by atoms with Crippen molar-refractivity contribution in [3.63, 3.8) is 0 Å². The van der Waals surface area contributed by atoms with E-state index in [2.05, 4.69) is 4.74 Å². The van der Waals surface area contributed by atoms with Crippen molar-refractivity contribution in [3.05, 3.63) is 0 Å². The van der Waals surface area contributed by atoms with E-state index in [-0.39, 0.29) is 6.42 Å². The molecular formula is C8H12O7. The molecule has 15 heavy (non-hydrogen) atoms. The summed E-state index contributed by atoms with van der Waals surface area (Å²) >= 11 is 0. The number of esters is 1. The molecule has 3 N–H and O–H groups in total. The smallest absolute Gasteiger partial charge is 0.335 e. The first-order chi connectivity index (χ1) is 6.91. The molecule has 1 fully saturated rings. The number of rotatable bonds is 2. The molecule has 7 heteroatoms. The lowest BCUT2D eigenvalue weighted by Crippen LogP contribution is -2.51. The third kappa shape index (κ3) is 2.88. The highest BCUT2D eigenvalue weighted by Crippen LogP contribution is 2.21. The van der Waals surface area contributed by atoms with Crippen LogP contribution < -0.4 is 0 Å². The quantitative estimate of drug-likeness (QED) is 0.484. The van der Waals surface area contributed by atoms with Gasteiger partial charge in [0.25, 0.3) is 0 Å². The van der Waals surface area contributed by atoms with E-state index in [9.17, 15) is 19.8 Å². The van der Waals surface area contributed by atoms with E-state index >= 15 is 0 Å². The van der Waals surface area contributed by atoms with Gasteiger partial charge in [0, 0.05) is 13.3 Å². The second-order valence-electron chi connectivity index (χ2n) is 3.24. The zero-order chi connectivity index (χ0) is 11.6. The molecule has 1 unspecified atom stereocenters. The third-order valence-electron chi connectivity index (χ3n) is 1.95. The zero-order valence-corrected chi connectivity index (χ0v) is 7.99. The first kappa shape index (κ1) is 11.9. The molecule has 0 aromatic heterocycles. The minimum absolute atomic E-state index is 0.213. The van der Waals surface area contributed by atoms with Crippen molar-refractivity contribution in [2.24, 2.45) is 0 Å². The van der Waals surface area contributed by atoms with Crippen molar-refractivity contribution in [1.29, 1.82) is 0 Å². The fourth-order valence-electron chi connectivity index (χ4n) is 1.30. The van der Waals surface area contributed by atoms with Gasteiger partial charge in [0.15, 0.2) is 6.10 Å². The fraction of sp³-hybridized carbons (Fsp3) is 0.750. The average molecular weight is 220 g/mol. The Hall–Kier alpha value is -1.18. The molecular weight excluding hydrogens is 208 g/mol. The second-order valence-corrected chi connectivity index (χ2v) is 3.24. The highest BCUT2D eigenvalue weighted by molar-refractivity contribution is 5.73. The Bertz CT molecular complexity index is 264. The summed E-state index contributed by atoms with van der Waals surface area (Å²) in [5.41, 5.74) is 0. The van der Waals surface area contributed by atoms with Crippen LogP contribution >= 0.6 is 0 Å². The van der Waals surface area contributed by atoms with Gasteiger partial charge in [-0.3, -0.25) is 4.79 Å². The van der Waals surface area contributed by atoms with Crippen molar-refractivity contribution >= 4 is 11.9 Å². The van der Waals surface area contributed by atoms with Gasteiger partial charge >= 0.3 is 11.9 Å². The fourth-order valence-corrected chi connectivity index (χ4v) is 1.30. The van der Waals surface area contributed by atoms with Gasteiger partial charge in [-0.05, 0) is 0 Å². The maximum atomic E-state index is 10.6. The Balaban J connectivity index is 2.66. The summed E-state index contributed by atoms with van der Waals surface area (Å²) in [7, 11) is 0. The molecule has 0 aromatic carbocycles. The molecule has 1 aliphatic rings. The molecule has 1 heterocycles. The Morgan fingerprint density at radius 3 is 2.40 bits per heavy atom. The van der Waals surface area contributed by atoms with E-state index in [1.54, 1.807) is 0 Å². The Morgan fingerprint density at radius 2 is 1.93 bits per heavy atom. The number of ether oxygens (including phenoxy) is 2. The maximum Gasteiger partial charge on any atom is 0.335 e. The van der Waals surface area contributed by atoms with Crippen LogP contribution in [0.25, 0.3) is 0 Å². The van der Waals surface area contributed by atoms with Crippen molar-refractivity contribution in [2.75, 3.05) is 0 Å². The Morgan fingerprint density at radius 1 is 1.33 bits per heavy atom. The SMILES string of the molecule is CC(=O)OC1O[C@H](C(=O)O)[C@@H](O)C[C@H]1O. The molecule has 0 radical (unpaired) electrons. The highest BCUT2D eigenvalue weighted by atomic mass is 16.7. The molecule has 0 saturated carbocycles. The van der Waals surface area contributed by atoms with Crippen LogP contribution in [-0.4, -0.2) is 51.9 Å². The number of carbonyl (C=O) groups excluding carboxylic acids is 1. The van der Waals surface area contributed by atoms with Crippen molar-refractivity contribution in [1.82, 2.24) is 0 Å². The largest absolute Gasteiger partial charge is 0.479 e. The number of carbonyl (C=O) groups is 2. The number of hydrogen-bond acceptors (Lipinski definition) is 6. The number of carboxylic acids is 1. The molecule has 0 bridgehead atoms. The molecule has 0 aromatic rings. The van der Waals surface area contributed by atoms with Gasteiger partial charge < -0.3 is 24.8 Å². The molecule has 0 spiro atoms. The summed E-state index contributed by atoms with van der Waals surface area (Å²) in [4.78, 5) is 21.2. The van der Waals surface area contributed by atoms with Crippen LogP contribution in [0.4, 0.5) is 0 Å². The van der Waals surface area contributed by atoms with Crippen LogP contribution in [0, 0.1) is 0 Å². The van der Waals surface area contributed by atoms with Crippen LogP contribution in [0.15, 0.2) is 0 Å². The Kier molecular flexibility index (Phi) is 3.61. The van der Waals surface area contributed by atoms with E-state index in [1.165, 1.54) is 0 Å². The van der Waals surface area contributed by atoms with Gasteiger partial charge in [-0.2, -0.15) is 0 Å². The van der Waals surface area contributed by atoms with Crippen LogP contribution in [0.2, 0.25) is 0 Å². The Labute approximate surface area is 85.2 Å². The zero-order valence-electron chi connectivity index (χ0n) is 7.99. The van der Waals surface area contributed by atoms with Gasteiger partial charge in [0.1, 0.15) is 6.10 Å². The van der Waals surface area contributed by atoms with Crippen molar-refractivity contribution in [3.8, 4) is 0 Å². The first-order valence-electron chi connectivity index (χ1n) is 4.33. The molecule has 0 amide bonds. The predicted molar refractivity (Wildman–Crippen MR) is 44.7 cm³/mol. The van der Waals surface area contributed by atoms with Gasteiger partial charge in [-0.25, -0.2) is 4.79 Å². The van der Waals surface area contributed by atoms with Crippen LogP contribution in [0.5, 0.6) is 0 Å². The number of aliphatic hydroxyl groups is 2. The predicted octanol–water partition coefficient (Wildman–Crippen LogP) is -1.53. The first-order valence-corrected chi connectivity index (χ1v) is 4.33. The monoisotopic (exact) mass is 220 g/mol. The molecule has 1 aliphatic heterocycles. The van der Waals surface area contributed by atoms with Crippen LogP contribution in [0.1, 0.15) is 13.3 Å². The lowest BCUT2D eigenvalue weighted by atomic mass is 10.0. The number of aliphatic carboxylic acids is 1. The van der Waals surface area contributed by atoms with Gasteiger partial charge in [-0.1, -0.05) is 0 Å². The number of aliphatic hydroxyl groups excluding tert-OH is 2. The highest BCUT2D eigenvalue weighted by Gasteiger charge is 2.41. The van der Waals surface area contributed by atoms with Crippen LogP contribution in [-0.2, 0) is 19.1 Å². The molecule has 4 atom stereocenters. The van der Waals surface area contributed by atoms with Crippen molar-refractivity contribution < 1.29 is 34.4 Å². The molecule has 1 saturated heterocycles. The normalized spacial score (nSPS) is 35.9. The van der Waals surface area contributed by atoms with E-state index in [0.717, 1.165) is 6.92 Å². The summed E-state index contributed by atoms with van der Waals surface area (Å²) in [5.74, 6) is -2.06. The summed E-state index contributed by atoms with van der Waals surface area (Å²) in [6.07, 6.45) is -5.58. The average Bonchev–Trinajstić information content (AvgIpc) is 2.08. The topological polar surface area (TPSA) is 113 Å². The van der Waals surface area contributed by atoms with E-state index in [4.69, 9.17) is 9.84 Å². The lowest BCUT2D eigenvalue weighted by molar-refractivity contribution is -0.257. The summed E-state index contributed by atoms with van der Waals surface area (Å²) in [6, 6.07) is 0.